The summed E-state index contributed by atoms with van der Waals surface area (Å²) >= 11 is 0. The average molecular weight is 348 g/mol. The molecule has 0 radical (unpaired) electrons. The number of anilines is 2. The molecular formula is C18H20N8. The Hall–Kier alpha value is -3.42. The summed E-state index contributed by atoms with van der Waals surface area (Å²) in [5.74, 6) is 1.03. The summed E-state index contributed by atoms with van der Waals surface area (Å²) < 4.78 is 3.64. The molecule has 4 rings (SSSR count). The number of hydrogen-bond acceptors (Lipinski definition) is 6. The average Bonchev–Trinajstić information content (AvgIpc) is 3.26. The normalized spacial score (nSPS) is 11.3. The molecule has 0 saturated carbocycles. The van der Waals surface area contributed by atoms with E-state index in [1.807, 2.05) is 23.8 Å². The van der Waals surface area contributed by atoms with Gasteiger partial charge in [-0.25, -0.2) is 9.67 Å². The van der Waals surface area contributed by atoms with Crippen molar-refractivity contribution in [3.8, 4) is 17.2 Å². The molecule has 0 atom stereocenters. The van der Waals surface area contributed by atoms with Gasteiger partial charge in [0.05, 0.1) is 5.69 Å². The van der Waals surface area contributed by atoms with Gasteiger partial charge in [-0.05, 0) is 25.0 Å². The molecule has 3 aromatic heterocycles. The number of nitrogen functional groups attached to an aromatic ring is 2. The number of nitrogens with zero attached hydrogens (tertiary/aromatic N) is 6. The number of nitrogens with two attached hydrogens (primary N) is 2. The predicted molar refractivity (Wildman–Crippen MR) is 102 cm³/mol. The third-order valence-corrected chi connectivity index (χ3v) is 4.39. The molecule has 8 nitrogen and oxygen atoms in total. The highest BCUT2D eigenvalue weighted by molar-refractivity contribution is 5.84. The minimum Gasteiger partial charge on any atom is -0.382 e. The molecule has 0 fully saturated rings. The van der Waals surface area contributed by atoms with Crippen LogP contribution in [0.2, 0.25) is 0 Å². The van der Waals surface area contributed by atoms with Gasteiger partial charge in [0.2, 0.25) is 11.9 Å². The molecule has 0 spiro atoms. The number of aromatic nitrogens is 6. The number of imidazole rings is 1. The summed E-state index contributed by atoms with van der Waals surface area (Å²) in [7, 11) is 0. The number of hydrogen-bond donors (Lipinski definition) is 2. The molecule has 0 saturated heterocycles. The fourth-order valence-electron chi connectivity index (χ4n) is 2.99. The summed E-state index contributed by atoms with van der Waals surface area (Å²) in [4.78, 5) is 12.9. The zero-order valence-corrected chi connectivity index (χ0v) is 14.7. The van der Waals surface area contributed by atoms with Crippen LogP contribution in [0.3, 0.4) is 0 Å². The lowest BCUT2D eigenvalue weighted by Crippen LogP contribution is -2.07. The highest BCUT2D eigenvalue weighted by Crippen LogP contribution is 2.24. The lowest BCUT2D eigenvalue weighted by molar-refractivity contribution is 0.698. The van der Waals surface area contributed by atoms with E-state index < -0.39 is 0 Å². The Labute approximate surface area is 150 Å². The highest BCUT2D eigenvalue weighted by atomic mass is 15.4. The van der Waals surface area contributed by atoms with Crippen molar-refractivity contribution in [1.29, 1.82) is 0 Å². The molecule has 8 heteroatoms. The second-order valence-corrected chi connectivity index (χ2v) is 5.99. The summed E-state index contributed by atoms with van der Waals surface area (Å²) in [6, 6.07) is 10.4. The SMILES string of the molecule is CCc1ccc(-c2ccn(-c3nc4c(N)nc(N)nc4n3CC)n2)cc1. The Morgan fingerprint density at radius 1 is 0.962 bits per heavy atom. The fourth-order valence-corrected chi connectivity index (χ4v) is 2.99. The minimum atomic E-state index is 0.133. The number of fused-ring (bicyclic) bond motifs is 1. The Kier molecular flexibility index (Phi) is 3.80. The molecule has 0 aliphatic carbocycles. The van der Waals surface area contributed by atoms with Gasteiger partial charge in [0, 0.05) is 18.3 Å². The van der Waals surface area contributed by atoms with Gasteiger partial charge in [0.1, 0.15) is 0 Å². The third kappa shape index (κ3) is 2.55. The molecule has 0 bridgehead atoms. The van der Waals surface area contributed by atoms with E-state index >= 15 is 0 Å². The first kappa shape index (κ1) is 16.1. The smallest absolute Gasteiger partial charge is 0.233 e. The van der Waals surface area contributed by atoms with Crippen LogP contribution in [0.5, 0.6) is 0 Å². The van der Waals surface area contributed by atoms with Crippen LogP contribution in [0.4, 0.5) is 11.8 Å². The largest absolute Gasteiger partial charge is 0.382 e. The van der Waals surface area contributed by atoms with E-state index in [1.165, 1.54) is 5.56 Å². The van der Waals surface area contributed by atoms with E-state index in [2.05, 4.69) is 51.2 Å². The number of benzene rings is 1. The quantitative estimate of drug-likeness (QED) is 0.585. The van der Waals surface area contributed by atoms with Crippen molar-refractivity contribution in [1.82, 2.24) is 29.3 Å². The van der Waals surface area contributed by atoms with E-state index in [-0.39, 0.29) is 11.8 Å². The number of rotatable bonds is 4. The number of aryl methyl sites for hydroxylation is 2. The van der Waals surface area contributed by atoms with Crippen LogP contribution < -0.4 is 11.5 Å². The van der Waals surface area contributed by atoms with Gasteiger partial charge in [-0.1, -0.05) is 31.2 Å². The second-order valence-electron chi connectivity index (χ2n) is 5.99. The molecule has 4 aromatic rings. The molecule has 4 N–H and O–H groups in total. The van der Waals surface area contributed by atoms with Crippen LogP contribution in [0.1, 0.15) is 19.4 Å². The van der Waals surface area contributed by atoms with Crippen molar-refractivity contribution >= 4 is 22.9 Å². The van der Waals surface area contributed by atoms with Gasteiger partial charge in [-0.2, -0.15) is 15.1 Å². The molecule has 0 unspecified atom stereocenters. The van der Waals surface area contributed by atoms with Crippen LogP contribution >= 0.6 is 0 Å². The fraction of sp³-hybridized carbons (Fsp3) is 0.222. The first-order valence-corrected chi connectivity index (χ1v) is 8.55. The van der Waals surface area contributed by atoms with Crippen molar-refractivity contribution in [2.75, 3.05) is 11.5 Å². The van der Waals surface area contributed by atoms with Crippen molar-refractivity contribution in [2.24, 2.45) is 0 Å². The van der Waals surface area contributed by atoms with Crippen molar-refractivity contribution in [3.63, 3.8) is 0 Å². The summed E-state index contributed by atoms with van der Waals surface area (Å²) in [6.07, 6.45) is 2.89. The Bertz CT molecular complexity index is 1070. The molecule has 0 amide bonds. The van der Waals surface area contributed by atoms with E-state index in [9.17, 15) is 0 Å². The van der Waals surface area contributed by atoms with Crippen LogP contribution in [0.25, 0.3) is 28.4 Å². The molecule has 3 heterocycles. The topological polar surface area (TPSA) is 113 Å². The van der Waals surface area contributed by atoms with Crippen LogP contribution in [-0.2, 0) is 13.0 Å². The van der Waals surface area contributed by atoms with Gasteiger partial charge >= 0.3 is 0 Å². The lowest BCUT2D eigenvalue weighted by Gasteiger charge is -2.05. The van der Waals surface area contributed by atoms with E-state index in [4.69, 9.17) is 11.5 Å². The van der Waals surface area contributed by atoms with Crippen molar-refractivity contribution in [2.45, 2.75) is 26.8 Å². The zero-order chi connectivity index (χ0) is 18.3. The predicted octanol–water partition coefficient (Wildman–Crippen LogP) is 2.43. The molecule has 132 valence electrons. The van der Waals surface area contributed by atoms with E-state index in [0.29, 0.717) is 23.7 Å². The summed E-state index contributed by atoms with van der Waals surface area (Å²) in [5.41, 5.74) is 16.1. The maximum Gasteiger partial charge on any atom is 0.233 e. The van der Waals surface area contributed by atoms with Gasteiger partial charge in [-0.3, -0.25) is 4.57 Å². The van der Waals surface area contributed by atoms with Crippen molar-refractivity contribution < 1.29 is 0 Å². The van der Waals surface area contributed by atoms with E-state index in [0.717, 1.165) is 17.7 Å². The zero-order valence-electron chi connectivity index (χ0n) is 14.7. The second kappa shape index (κ2) is 6.14. The Morgan fingerprint density at radius 3 is 2.42 bits per heavy atom. The van der Waals surface area contributed by atoms with Gasteiger partial charge in [0.25, 0.3) is 0 Å². The first-order chi connectivity index (χ1) is 12.6. The van der Waals surface area contributed by atoms with Crippen LogP contribution in [0.15, 0.2) is 36.5 Å². The Balaban J connectivity index is 1.81. The van der Waals surface area contributed by atoms with Crippen LogP contribution in [0, 0.1) is 0 Å². The molecule has 0 aliphatic heterocycles. The maximum atomic E-state index is 5.96. The molecular weight excluding hydrogens is 328 g/mol. The van der Waals surface area contributed by atoms with Gasteiger partial charge in [0.15, 0.2) is 17.0 Å². The molecule has 0 aliphatic rings. The minimum absolute atomic E-state index is 0.133. The third-order valence-electron chi connectivity index (χ3n) is 4.39. The monoisotopic (exact) mass is 348 g/mol. The van der Waals surface area contributed by atoms with Crippen LogP contribution in [-0.4, -0.2) is 29.3 Å². The summed E-state index contributed by atoms with van der Waals surface area (Å²) in [5, 5.41) is 4.68. The first-order valence-electron chi connectivity index (χ1n) is 8.55. The van der Waals surface area contributed by atoms with E-state index in [1.54, 1.807) is 4.68 Å². The lowest BCUT2D eigenvalue weighted by atomic mass is 10.1. The summed E-state index contributed by atoms with van der Waals surface area (Å²) in [6.45, 7) is 4.80. The maximum absolute atomic E-state index is 5.96. The van der Waals surface area contributed by atoms with Gasteiger partial charge in [-0.15, -0.1) is 0 Å². The standard InChI is InChI=1S/C18H20N8/c1-3-11-5-7-12(8-6-11)13-9-10-26(24-13)18-21-14-15(19)22-17(20)23-16(14)25(18)4-2/h5-10H,3-4H2,1-2H3,(H4,19,20,22,23). The van der Waals surface area contributed by atoms with Gasteiger partial charge < -0.3 is 11.5 Å². The molecule has 26 heavy (non-hydrogen) atoms. The Morgan fingerprint density at radius 2 is 1.73 bits per heavy atom. The highest BCUT2D eigenvalue weighted by Gasteiger charge is 2.17. The molecule has 1 aromatic carbocycles. The van der Waals surface area contributed by atoms with Crippen molar-refractivity contribution in [3.05, 3.63) is 42.1 Å².